The number of halogens is 2. The van der Waals surface area contributed by atoms with Gasteiger partial charge in [0.05, 0.1) is 0 Å². The number of rotatable bonds is 3. The highest BCUT2D eigenvalue weighted by molar-refractivity contribution is 5.35. The van der Waals surface area contributed by atoms with E-state index >= 15 is 0 Å². The zero-order valence-corrected chi connectivity index (χ0v) is 12.3. The Bertz CT molecular complexity index is 641. The Morgan fingerprint density at radius 3 is 2.24 bits per heavy atom. The third-order valence-corrected chi connectivity index (χ3v) is 4.48. The Hall–Kier alpha value is -1.74. The molecular weight excluding hydrogens is 268 g/mol. The average molecular weight is 287 g/mol. The van der Waals surface area contributed by atoms with Crippen molar-refractivity contribution in [3.63, 3.8) is 0 Å². The van der Waals surface area contributed by atoms with E-state index in [1.807, 2.05) is 19.2 Å². The second-order valence-electron chi connectivity index (χ2n) is 5.83. The molecule has 0 bridgehead atoms. The van der Waals surface area contributed by atoms with Crippen LogP contribution in [0.15, 0.2) is 36.4 Å². The van der Waals surface area contributed by atoms with Crippen LogP contribution in [0.5, 0.6) is 0 Å². The number of fused-ring (bicyclic) bond motifs is 1. The summed E-state index contributed by atoms with van der Waals surface area (Å²) in [5.74, 6) is -0.421. The molecule has 3 heteroatoms. The fourth-order valence-electron chi connectivity index (χ4n) is 3.37. The Kier molecular flexibility index (Phi) is 3.77. The molecule has 3 rings (SSSR count). The molecule has 0 radical (unpaired) electrons. The van der Waals surface area contributed by atoms with Gasteiger partial charge in [0.1, 0.15) is 11.6 Å². The fraction of sp³-hybridized carbons (Fsp3) is 0.333. The average Bonchev–Trinajstić information content (AvgIpc) is 2.88. The van der Waals surface area contributed by atoms with Crippen molar-refractivity contribution in [1.82, 2.24) is 5.32 Å². The molecule has 0 saturated heterocycles. The maximum atomic E-state index is 14.2. The van der Waals surface area contributed by atoms with Gasteiger partial charge in [-0.2, -0.15) is 0 Å². The Morgan fingerprint density at radius 2 is 1.67 bits per heavy atom. The maximum Gasteiger partial charge on any atom is 0.128 e. The summed E-state index contributed by atoms with van der Waals surface area (Å²) < 4.78 is 28.1. The quantitative estimate of drug-likeness (QED) is 0.901. The van der Waals surface area contributed by atoms with Gasteiger partial charge in [0.2, 0.25) is 0 Å². The van der Waals surface area contributed by atoms with Crippen molar-refractivity contribution >= 4 is 0 Å². The normalized spacial score (nSPS) is 16.0. The lowest BCUT2D eigenvalue weighted by Gasteiger charge is -2.24. The van der Waals surface area contributed by atoms with Crippen LogP contribution in [-0.4, -0.2) is 7.05 Å². The highest BCUT2D eigenvalue weighted by atomic mass is 19.1. The summed E-state index contributed by atoms with van der Waals surface area (Å²) >= 11 is 0. The Labute approximate surface area is 124 Å². The van der Waals surface area contributed by atoms with E-state index in [0.717, 1.165) is 12.8 Å². The zero-order chi connectivity index (χ0) is 15.0. The van der Waals surface area contributed by atoms with E-state index < -0.39 is 0 Å². The predicted molar refractivity (Wildman–Crippen MR) is 80.2 cm³/mol. The van der Waals surface area contributed by atoms with E-state index in [1.165, 1.54) is 23.3 Å². The summed E-state index contributed by atoms with van der Waals surface area (Å²) in [4.78, 5) is 0. The smallest absolute Gasteiger partial charge is 0.128 e. The molecule has 1 atom stereocenters. The van der Waals surface area contributed by atoms with E-state index in [2.05, 4.69) is 17.4 Å². The third kappa shape index (κ3) is 2.58. The fourth-order valence-corrected chi connectivity index (χ4v) is 3.37. The van der Waals surface area contributed by atoms with Gasteiger partial charge in [-0.15, -0.1) is 0 Å². The molecule has 1 aliphatic rings. The van der Waals surface area contributed by atoms with Crippen LogP contribution in [0.1, 0.15) is 28.3 Å². The topological polar surface area (TPSA) is 12.0 Å². The zero-order valence-electron chi connectivity index (χ0n) is 12.3. The molecule has 0 aromatic heterocycles. The maximum absolute atomic E-state index is 14.2. The van der Waals surface area contributed by atoms with Crippen molar-refractivity contribution in [3.8, 4) is 0 Å². The molecule has 1 unspecified atom stereocenters. The molecule has 110 valence electrons. The van der Waals surface area contributed by atoms with E-state index in [9.17, 15) is 8.78 Å². The molecule has 0 fully saturated rings. The first-order valence-electron chi connectivity index (χ1n) is 7.29. The lowest BCUT2D eigenvalue weighted by atomic mass is 9.89. The molecule has 0 heterocycles. The van der Waals surface area contributed by atoms with Gasteiger partial charge >= 0.3 is 0 Å². The van der Waals surface area contributed by atoms with Crippen LogP contribution in [0.4, 0.5) is 8.78 Å². The van der Waals surface area contributed by atoms with Crippen molar-refractivity contribution in [3.05, 3.63) is 70.3 Å². The van der Waals surface area contributed by atoms with Crippen LogP contribution >= 0.6 is 0 Å². The number of hydrogen-bond donors (Lipinski definition) is 1. The first-order valence-corrected chi connectivity index (χ1v) is 7.29. The van der Waals surface area contributed by atoms with Crippen molar-refractivity contribution in [2.75, 3.05) is 7.05 Å². The highest BCUT2D eigenvalue weighted by Gasteiger charge is 2.30. The summed E-state index contributed by atoms with van der Waals surface area (Å²) in [6, 6.07) is 10.8. The first-order chi connectivity index (χ1) is 10.1. The van der Waals surface area contributed by atoms with Crippen LogP contribution in [0, 0.1) is 24.5 Å². The van der Waals surface area contributed by atoms with Crippen LogP contribution in [0.3, 0.4) is 0 Å². The van der Waals surface area contributed by atoms with Crippen molar-refractivity contribution in [1.29, 1.82) is 0 Å². The van der Waals surface area contributed by atoms with E-state index in [-0.39, 0.29) is 23.6 Å². The van der Waals surface area contributed by atoms with Gasteiger partial charge in [0.15, 0.2) is 0 Å². The second kappa shape index (κ2) is 5.57. The lowest BCUT2D eigenvalue weighted by molar-refractivity contribution is 0.382. The van der Waals surface area contributed by atoms with Gasteiger partial charge in [-0.25, -0.2) is 8.78 Å². The lowest BCUT2D eigenvalue weighted by Crippen LogP contribution is -2.27. The molecule has 0 amide bonds. The summed E-state index contributed by atoms with van der Waals surface area (Å²) in [6.07, 6.45) is 1.80. The van der Waals surface area contributed by atoms with Gasteiger partial charge < -0.3 is 5.32 Å². The SMILES string of the molecule is CNC(c1cc(F)c(C)cc1F)C1Cc2ccccc2C1. The van der Waals surface area contributed by atoms with Crippen molar-refractivity contribution < 1.29 is 8.78 Å². The van der Waals surface area contributed by atoms with Crippen molar-refractivity contribution in [2.24, 2.45) is 5.92 Å². The molecule has 2 aromatic rings. The molecule has 1 nitrogen and oxygen atoms in total. The molecule has 0 spiro atoms. The van der Waals surface area contributed by atoms with Crippen LogP contribution in [0.25, 0.3) is 0 Å². The Balaban J connectivity index is 1.92. The first kappa shape index (κ1) is 14.2. The summed E-state index contributed by atoms with van der Waals surface area (Å²) in [7, 11) is 1.81. The molecule has 2 aromatic carbocycles. The number of nitrogens with one attached hydrogen (secondary N) is 1. The minimum atomic E-state index is -0.345. The monoisotopic (exact) mass is 287 g/mol. The van der Waals surface area contributed by atoms with Gasteiger partial charge in [0.25, 0.3) is 0 Å². The van der Waals surface area contributed by atoms with E-state index in [0.29, 0.717) is 11.1 Å². The Morgan fingerprint density at radius 1 is 1.05 bits per heavy atom. The van der Waals surface area contributed by atoms with Gasteiger partial charge in [-0.3, -0.25) is 0 Å². The molecular formula is C18H19F2N. The summed E-state index contributed by atoms with van der Waals surface area (Å²) in [6.45, 7) is 1.59. The third-order valence-electron chi connectivity index (χ3n) is 4.48. The minimum Gasteiger partial charge on any atom is -0.313 e. The molecule has 0 aliphatic heterocycles. The van der Waals surface area contributed by atoms with E-state index in [4.69, 9.17) is 0 Å². The number of benzene rings is 2. The molecule has 21 heavy (non-hydrogen) atoms. The number of aryl methyl sites for hydroxylation is 1. The van der Waals surface area contributed by atoms with Crippen molar-refractivity contribution in [2.45, 2.75) is 25.8 Å². The number of hydrogen-bond acceptors (Lipinski definition) is 1. The van der Waals surface area contributed by atoms with Crippen LogP contribution < -0.4 is 5.32 Å². The van der Waals surface area contributed by atoms with Gasteiger partial charge in [-0.05, 0) is 61.6 Å². The van der Waals surface area contributed by atoms with Crippen LogP contribution in [-0.2, 0) is 12.8 Å². The van der Waals surface area contributed by atoms with E-state index in [1.54, 1.807) is 6.92 Å². The largest absolute Gasteiger partial charge is 0.313 e. The minimum absolute atomic E-state index is 0.174. The standard InChI is InChI=1S/C18H19F2N/c1-11-7-17(20)15(10-16(11)19)18(21-2)14-8-12-5-3-4-6-13(12)9-14/h3-7,10,14,18,21H,8-9H2,1-2H3. The second-order valence-corrected chi connectivity index (χ2v) is 5.83. The summed E-state index contributed by atoms with van der Waals surface area (Å²) in [5.41, 5.74) is 3.41. The van der Waals surface area contributed by atoms with Gasteiger partial charge in [-0.1, -0.05) is 24.3 Å². The van der Waals surface area contributed by atoms with Crippen LogP contribution in [0.2, 0.25) is 0 Å². The highest BCUT2D eigenvalue weighted by Crippen LogP contribution is 2.36. The summed E-state index contributed by atoms with van der Waals surface area (Å²) in [5, 5.41) is 3.18. The molecule has 0 saturated carbocycles. The molecule has 1 N–H and O–H groups in total. The van der Waals surface area contributed by atoms with Gasteiger partial charge in [0, 0.05) is 11.6 Å². The predicted octanol–water partition coefficient (Wildman–Crippen LogP) is 3.95. The molecule has 1 aliphatic carbocycles.